The molecule has 1 N–H and O–H groups in total. The number of hydrogen-bond acceptors (Lipinski definition) is 4. The molecule has 5 heteroatoms. The summed E-state index contributed by atoms with van der Waals surface area (Å²) in [4.78, 5) is 22.1. The summed E-state index contributed by atoms with van der Waals surface area (Å²) in [5, 5.41) is 10.3. The van der Waals surface area contributed by atoms with E-state index in [2.05, 4.69) is 11.3 Å². The van der Waals surface area contributed by atoms with E-state index < -0.39 is 11.9 Å². The first-order valence-electron chi connectivity index (χ1n) is 3.66. The van der Waals surface area contributed by atoms with Crippen LogP contribution in [0.25, 0.3) is 5.57 Å². The van der Waals surface area contributed by atoms with Crippen LogP contribution in [-0.4, -0.2) is 24.2 Å². The summed E-state index contributed by atoms with van der Waals surface area (Å²) in [6.45, 7) is 3.37. The molecule has 1 rings (SSSR count). The monoisotopic (exact) mass is 212 g/mol. The number of rotatable bonds is 3. The zero-order valence-corrected chi connectivity index (χ0v) is 8.26. The van der Waals surface area contributed by atoms with Crippen molar-refractivity contribution in [3.63, 3.8) is 0 Å². The molecule has 4 nitrogen and oxygen atoms in total. The fourth-order valence-corrected chi connectivity index (χ4v) is 1.75. The quantitative estimate of drug-likeness (QED) is 0.611. The van der Waals surface area contributed by atoms with Gasteiger partial charge in [-0.15, -0.1) is 11.3 Å². The van der Waals surface area contributed by atoms with Gasteiger partial charge in [0.2, 0.25) is 0 Å². The Labute approximate surface area is 84.4 Å². The van der Waals surface area contributed by atoms with Crippen molar-refractivity contribution in [2.75, 3.05) is 7.11 Å². The van der Waals surface area contributed by atoms with Crippen LogP contribution in [0, 0.1) is 0 Å². The maximum absolute atomic E-state index is 11.2. The average molecular weight is 212 g/mol. The van der Waals surface area contributed by atoms with Gasteiger partial charge in [0.05, 0.1) is 12.7 Å². The Morgan fingerprint density at radius 3 is 2.71 bits per heavy atom. The molecule has 0 amide bonds. The van der Waals surface area contributed by atoms with Crippen LogP contribution in [0.2, 0.25) is 0 Å². The first-order chi connectivity index (χ1) is 6.57. The second-order valence-electron chi connectivity index (χ2n) is 2.44. The number of thiophene rings is 1. The van der Waals surface area contributed by atoms with Gasteiger partial charge in [-0.05, 0) is 11.4 Å². The molecule has 0 aliphatic carbocycles. The van der Waals surface area contributed by atoms with E-state index in [0.29, 0.717) is 5.56 Å². The Bertz CT molecular complexity index is 391. The van der Waals surface area contributed by atoms with Crippen molar-refractivity contribution in [3.8, 4) is 0 Å². The van der Waals surface area contributed by atoms with Gasteiger partial charge in [-0.1, -0.05) is 6.58 Å². The third-order valence-electron chi connectivity index (χ3n) is 1.62. The van der Waals surface area contributed by atoms with Gasteiger partial charge < -0.3 is 9.84 Å². The second kappa shape index (κ2) is 4.06. The predicted molar refractivity (Wildman–Crippen MR) is 52.3 cm³/mol. The molecule has 0 bridgehead atoms. The number of aliphatic carboxylic acids is 1. The van der Waals surface area contributed by atoms with Crippen LogP contribution in [0.5, 0.6) is 0 Å². The van der Waals surface area contributed by atoms with Crippen LogP contribution in [0.15, 0.2) is 18.0 Å². The van der Waals surface area contributed by atoms with Gasteiger partial charge >= 0.3 is 11.9 Å². The topological polar surface area (TPSA) is 63.6 Å². The Kier molecular flexibility index (Phi) is 3.03. The summed E-state index contributed by atoms with van der Waals surface area (Å²) in [5.74, 6) is -1.69. The van der Waals surface area contributed by atoms with Gasteiger partial charge in [0.25, 0.3) is 0 Å². The highest BCUT2D eigenvalue weighted by molar-refractivity contribution is 7.12. The van der Waals surface area contributed by atoms with Gasteiger partial charge in [0.1, 0.15) is 4.88 Å². The highest BCUT2D eigenvalue weighted by Gasteiger charge is 2.18. The third kappa shape index (κ3) is 1.82. The smallest absolute Gasteiger partial charge is 0.348 e. The van der Waals surface area contributed by atoms with Crippen molar-refractivity contribution >= 4 is 28.8 Å². The van der Waals surface area contributed by atoms with Crippen molar-refractivity contribution in [1.29, 1.82) is 0 Å². The van der Waals surface area contributed by atoms with E-state index >= 15 is 0 Å². The number of carboxylic acid groups (broad SMARTS) is 1. The Morgan fingerprint density at radius 1 is 1.57 bits per heavy atom. The van der Waals surface area contributed by atoms with E-state index in [-0.39, 0.29) is 10.5 Å². The van der Waals surface area contributed by atoms with E-state index in [1.807, 2.05) is 0 Å². The van der Waals surface area contributed by atoms with Crippen molar-refractivity contribution < 1.29 is 19.4 Å². The molecule has 0 radical (unpaired) electrons. The van der Waals surface area contributed by atoms with Crippen molar-refractivity contribution in [3.05, 3.63) is 28.5 Å². The minimum absolute atomic E-state index is 0.105. The molecule has 0 aliphatic rings. The number of esters is 1. The molecule has 0 spiro atoms. The molecule has 0 saturated heterocycles. The second-order valence-corrected chi connectivity index (χ2v) is 3.35. The molecule has 1 heterocycles. The highest BCUT2D eigenvalue weighted by Crippen LogP contribution is 2.24. The minimum atomic E-state index is -1.14. The zero-order chi connectivity index (χ0) is 10.7. The van der Waals surface area contributed by atoms with Crippen molar-refractivity contribution in [2.24, 2.45) is 0 Å². The molecule has 74 valence electrons. The van der Waals surface area contributed by atoms with Crippen LogP contribution < -0.4 is 0 Å². The fraction of sp³-hybridized carbons (Fsp3) is 0.111. The molecule has 0 aromatic carbocycles. The molecular weight excluding hydrogens is 204 g/mol. The number of carboxylic acids is 1. The van der Waals surface area contributed by atoms with Crippen LogP contribution in [-0.2, 0) is 9.53 Å². The first kappa shape index (κ1) is 10.5. The SMILES string of the molecule is C=C(C(=O)O)c1ccsc1C(=O)OC. The Balaban J connectivity index is 3.10. The molecule has 0 saturated carbocycles. The normalized spacial score (nSPS) is 9.50. The molecule has 1 aromatic rings. The summed E-state index contributed by atoms with van der Waals surface area (Å²) in [6, 6.07) is 1.54. The van der Waals surface area contributed by atoms with E-state index in [9.17, 15) is 9.59 Å². The molecule has 0 atom stereocenters. The highest BCUT2D eigenvalue weighted by atomic mass is 32.1. The predicted octanol–water partition coefficient (Wildman–Crippen LogP) is 1.63. The van der Waals surface area contributed by atoms with Gasteiger partial charge in [-0.25, -0.2) is 9.59 Å². The molecule has 14 heavy (non-hydrogen) atoms. The van der Waals surface area contributed by atoms with Gasteiger partial charge in [0.15, 0.2) is 0 Å². The fourth-order valence-electron chi connectivity index (χ4n) is 0.913. The Morgan fingerprint density at radius 2 is 2.21 bits per heavy atom. The number of hydrogen-bond donors (Lipinski definition) is 1. The van der Waals surface area contributed by atoms with Crippen LogP contribution >= 0.6 is 11.3 Å². The molecule has 0 unspecified atom stereocenters. The minimum Gasteiger partial charge on any atom is -0.478 e. The lowest BCUT2D eigenvalue weighted by atomic mass is 10.1. The van der Waals surface area contributed by atoms with E-state index in [1.54, 1.807) is 5.38 Å². The third-order valence-corrected chi connectivity index (χ3v) is 2.51. The summed E-state index contributed by atoms with van der Waals surface area (Å²) in [7, 11) is 1.25. The van der Waals surface area contributed by atoms with Gasteiger partial charge in [0, 0.05) is 5.56 Å². The lowest BCUT2D eigenvalue weighted by Gasteiger charge is -2.00. The first-order valence-corrected chi connectivity index (χ1v) is 4.54. The number of ether oxygens (including phenoxy) is 1. The molecular formula is C9H8O4S. The zero-order valence-electron chi connectivity index (χ0n) is 7.44. The summed E-state index contributed by atoms with van der Waals surface area (Å²) >= 11 is 1.13. The lowest BCUT2D eigenvalue weighted by molar-refractivity contribution is -0.130. The summed E-state index contributed by atoms with van der Waals surface area (Å²) in [6.07, 6.45) is 0. The number of carbonyl (C=O) groups excluding carboxylic acids is 1. The van der Waals surface area contributed by atoms with E-state index in [4.69, 9.17) is 5.11 Å². The van der Waals surface area contributed by atoms with Crippen LogP contribution in [0.1, 0.15) is 15.2 Å². The number of methoxy groups -OCH3 is 1. The Hall–Kier alpha value is -1.62. The standard InChI is InChI=1S/C9H8O4S/c1-5(8(10)11)6-3-4-14-7(6)9(12)13-2/h3-4H,1H2,2H3,(H,10,11). The summed E-state index contributed by atoms with van der Waals surface area (Å²) < 4.78 is 4.50. The van der Waals surface area contributed by atoms with E-state index in [0.717, 1.165) is 11.3 Å². The maximum Gasteiger partial charge on any atom is 0.348 e. The van der Waals surface area contributed by atoms with Crippen LogP contribution in [0.3, 0.4) is 0 Å². The largest absolute Gasteiger partial charge is 0.478 e. The van der Waals surface area contributed by atoms with Crippen molar-refractivity contribution in [2.45, 2.75) is 0 Å². The molecule has 1 aromatic heterocycles. The average Bonchev–Trinajstić information content (AvgIpc) is 2.63. The van der Waals surface area contributed by atoms with Gasteiger partial charge in [-0.2, -0.15) is 0 Å². The maximum atomic E-state index is 11.2. The van der Waals surface area contributed by atoms with Crippen LogP contribution in [0.4, 0.5) is 0 Å². The van der Waals surface area contributed by atoms with Crippen molar-refractivity contribution in [1.82, 2.24) is 0 Å². The van der Waals surface area contributed by atoms with Gasteiger partial charge in [-0.3, -0.25) is 0 Å². The molecule has 0 fully saturated rings. The number of carbonyl (C=O) groups is 2. The lowest BCUT2D eigenvalue weighted by Crippen LogP contribution is -2.05. The summed E-state index contributed by atoms with van der Waals surface area (Å²) in [5.41, 5.74) is 0.209. The van der Waals surface area contributed by atoms with E-state index in [1.165, 1.54) is 13.2 Å². The molecule has 0 aliphatic heterocycles.